The van der Waals surface area contributed by atoms with E-state index in [0.29, 0.717) is 18.5 Å². The maximum Gasteiger partial charge on any atom is 0.414 e. The highest BCUT2D eigenvalue weighted by Crippen LogP contribution is 2.69. The summed E-state index contributed by atoms with van der Waals surface area (Å²) in [4.78, 5) is 0. The van der Waals surface area contributed by atoms with E-state index in [4.69, 9.17) is 0 Å². The van der Waals surface area contributed by atoms with Crippen molar-refractivity contribution in [3.8, 4) is 0 Å². The van der Waals surface area contributed by atoms with E-state index in [1.807, 2.05) is 6.07 Å². The first-order chi connectivity index (χ1) is 17.7. The highest BCUT2D eigenvalue weighted by molar-refractivity contribution is 7.87. The van der Waals surface area contributed by atoms with Gasteiger partial charge in [0.05, 0.1) is 11.8 Å². The molecule has 10 heteroatoms. The third-order valence-electron chi connectivity index (χ3n) is 9.80. The third-order valence-corrected chi connectivity index (χ3v) is 10.3. The number of hydrogen-bond acceptors (Lipinski definition) is 4. The van der Waals surface area contributed by atoms with Crippen LogP contribution in [-0.4, -0.2) is 41.6 Å². The molecule has 1 aromatic rings. The van der Waals surface area contributed by atoms with E-state index >= 15 is 0 Å². The minimum Gasteiger partial charge on any atom is -0.393 e. The lowest BCUT2D eigenvalue weighted by Crippen LogP contribution is -2.54. The van der Waals surface area contributed by atoms with Gasteiger partial charge in [0.25, 0.3) is 0 Å². The average Bonchev–Trinajstić information content (AvgIpc) is 3.13. The monoisotopic (exact) mass is 559 g/mol. The molecule has 0 radical (unpaired) electrons. The van der Waals surface area contributed by atoms with Crippen molar-refractivity contribution in [3.63, 3.8) is 0 Å². The van der Waals surface area contributed by atoms with Gasteiger partial charge in [0.15, 0.2) is 0 Å². The normalized spacial score (nSPS) is 33.7. The second-order valence-electron chi connectivity index (χ2n) is 11.9. The van der Waals surface area contributed by atoms with Crippen molar-refractivity contribution >= 4 is 16.0 Å². The Labute approximate surface area is 223 Å². The second kappa shape index (κ2) is 10.7. The lowest BCUT2D eigenvalue weighted by Gasteiger charge is -2.60. The number of aryl methyl sites for hydroxylation is 1. The van der Waals surface area contributed by atoms with E-state index in [0.717, 1.165) is 62.5 Å². The number of aliphatic hydroxyl groups is 2. The molecule has 0 spiro atoms. The van der Waals surface area contributed by atoms with Gasteiger partial charge >= 0.3 is 16.5 Å². The molecule has 2 saturated carbocycles. The largest absolute Gasteiger partial charge is 0.414 e. The number of hydrogen-bond donors (Lipinski definition) is 4. The zero-order valence-electron chi connectivity index (χ0n) is 21.9. The number of nitrogens with one attached hydrogen (secondary N) is 1. The highest BCUT2D eigenvalue weighted by Gasteiger charge is 2.63. The number of fused-ring (bicyclic) bond motifs is 5. The second-order valence-corrected chi connectivity index (χ2v) is 13.1. The maximum absolute atomic E-state index is 12.6. The van der Waals surface area contributed by atoms with Gasteiger partial charge < -0.3 is 10.2 Å². The molecule has 0 aliphatic heterocycles. The predicted molar refractivity (Wildman–Crippen MR) is 140 cm³/mol. The molecular weight excluding hydrogens is 519 g/mol. The lowest BCUT2D eigenvalue weighted by molar-refractivity contribution is -0.205. The molecule has 0 amide bonds. The van der Waals surface area contributed by atoms with Gasteiger partial charge in [0.1, 0.15) is 6.10 Å². The van der Waals surface area contributed by atoms with Gasteiger partial charge in [-0.25, -0.2) is 0 Å². The maximum atomic E-state index is 12.6. The van der Waals surface area contributed by atoms with Crippen LogP contribution in [-0.2, 0) is 16.7 Å². The summed E-state index contributed by atoms with van der Waals surface area (Å²) in [5.74, 6) is 0.637. The van der Waals surface area contributed by atoms with Crippen LogP contribution in [0.2, 0.25) is 0 Å². The molecule has 3 aliphatic carbocycles. The predicted octanol–water partition coefficient (Wildman–Crippen LogP) is 6.16. The molecule has 0 bridgehead atoms. The Kier molecular flexibility index (Phi) is 8.30. The Morgan fingerprint density at radius 2 is 1.92 bits per heavy atom. The zero-order valence-corrected chi connectivity index (χ0v) is 22.7. The quantitative estimate of drug-likeness (QED) is 0.156. The number of unbranched alkanes of at least 4 members (excludes halogenated alkanes) is 3. The highest BCUT2D eigenvalue weighted by atomic mass is 32.2. The summed E-state index contributed by atoms with van der Waals surface area (Å²) in [7, 11) is -4.39. The van der Waals surface area contributed by atoms with Gasteiger partial charge in [-0.05, 0) is 96.8 Å². The van der Waals surface area contributed by atoms with E-state index in [9.17, 15) is 36.4 Å². The van der Waals surface area contributed by atoms with Crippen LogP contribution in [0.4, 0.5) is 18.9 Å². The molecule has 6 nitrogen and oxygen atoms in total. The molecule has 7 atom stereocenters. The van der Waals surface area contributed by atoms with E-state index in [1.165, 1.54) is 0 Å². The first kappa shape index (κ1) is 29.4. The topological polar surface area (TPSA) is 107 Å². The van der Waals surface area contributed by atoms with Crippen molar-refractivity contribution in [2.24, 2.45) is 22.7 Å². The van der Waals surface area contributed by atoms with Crippen LogP contribution < -0.4 is 4.72 Å². The molecule has 0 saturated heterocycles. The van der Waals surface area contributed by atoms with Crippen molar-refractivity contribution in [2.75, 3.05) is 4.72 Å². The number of anilines is 1. The number of alkyl halides is 3. The molecule has 38 heavy (non-hydrogen) atoms. The van der Waals surface area contributed by atoms with Crippen LogP contribution in [0.1, 0.15) is 88.2 Å². The number of halogens is 3. The Morgan fingerprint density at radius 3 is 2.58 bits per heavy atom. The fraction of sp³-hybridized carbons (Fsp3) is 0.714. The van der Waals surface area contributed by atoms with Gasteiger partial charge in [-0.15, -0.1) is 6.58 Å². The molecule has 214 valence electrons. The minimum absolute atomic E-state index is 0.138. The van der Waals surface area contributed by atoms with Gasteiger partial charge in [-0.1, -0.05) is 44.7 Å². The van der Waals surface area contributed by atoms with Gasteiger partial charge in [-0.2, -0.15) is 21.6 Å². The standard InChI is InChI=1S/C28H40F3NO5S/c1-3-27-15-14-18-16-20(32-38(35,36)37)10-11-21(18)25(27)19(17-26(2)22(27)12-13-23(26)33)8-6-4-5-7-9-24(34)28(29,30)31/h3,10-11,16,19,22-25,32-34H,1,4-9,12-15,17H2,2H3,(H,35,36,37)/t19-,22?,23-,24+,25?,26-,27?/m0/s1. The Bertz CT molecular complexity index is 1130. The van der Waals surface area contributed by atoms with Gasteiger partial charge in [0.2, 0.25) is 0 Å². The summed E-state index contributed by atoms with van der Waals surface area (Å²) in [5.41, 5.74) is 2.05. The molecule has 1 aromatic carbocycles. The fourth-order valence-electron chi connectivity index (χ4n) is 8.18. The van der Waals surface area contributed by atoms with Gasteiger partial charge in [0, 0.05) is 0 Å². The van der Waals surface area contributed by atoms with E-state index in [-0.39, 0.29) is 41.1 Å². The molecule has 0 heterocycles. The van der Waals surface area contributed by atoms with Crippen LogP contribution >= 0.6 is 0 Å². The fourth-order valence-corrected chi connectivity index (χ4v) is 8.60. The van der Waals surface area contributed by atoms with Gasteiger partial charge in [-0.3, -0.25) is 9.27 Å². The van der Waals surface area contributed by atoms with Crippen LogP contribution in [0.15, 0.2) is 30.9 Å². The minimum atomic E-state index is -4.57. The van der Waals surface area contributed by atoms with Crippen LogP contribution in [0, 0.1) is 22.7 Å². The molecule has 3 unspecified atom stereocenters. The average molecular weight is 560 g/mol. The third kappa shape index (κ3) is 5.64. The number of allylic oxidation sites excluding steroid dienone is 1. The molecule has 4 N–H and O–H groups in total. The summed E-state index contributed by atoms with van der Waals surface area (Å²) in [6.45, 7) is 6.48. The van der Waals surface area contributed by atoms with Crippen LogP contribution in [0.5, 0.6) is 0 Å². The van der Waals surface area contributed by atoms with Crippen LogP contribution in [0.3, 0.4) is 0 Å². The van der Waals surface area contributed by atoms with Crippen LogP contribution in [0.25, 0.3) is 0 Å². The molecular formula is C28H40F3NO5S. The Morgan fingerprint density at radius 1 is 1.21 bits per heavy atom. The molecule has 2 fully saturated rings. The van der Waals surface area contributed by atoms with Crippen molar-refractivity contribution in [1.29, 1.82) is 0 Å². The lowest BCUT2D eigenvalue weighted by atomic mass is 9.44. The Hall–Kier alpha value is -1.62. The molecule has 4 rings (SSSR count). The van der Waals surface area contributed by atoms with Crippen molar-refractivity contribution < 1.29 is 36.4 Å². The van der Waals surface area contributed by atoms with Crippen molar-refractivity contribution in [2.45, 2.75) is 102 Å². The first-order valence-corrected chi connectivity index (χ1v) is 15.1. The summed E-state index contributed by atoms with van der Waals surface area (Å²) in [5, 5.41) is 20.3. The number of aliphatic hydroxyl groups excluding tert-OH is 2. The van der Waals surface area contributed by atoms with Crippen molar-refractivity contribution in [1.82, 2.24) is 0 Å². The summed E-state index contributed by atoms with van der Waals surface area (Å²) >= 11 is 0. The smallest absolute Gasteiger partial charge is 0.393 e. The summed E-state index contributed by atoms with van der Waals surface area (Å²) < 4.78 is 71.8. The number of rotatable bonds is 10. The Balaban J connectivity index is 1.56. The summed E-state index contributed by atoms with van der Waals surface area (Å²) in [6.07, 6.45) is 2.06. The van der Waals surface area contributed by atoms with E-state index in [1.54, 1.807) is 12.1 Å². The van der Waals surface area contributed by atoms with Crippen molar-refractivity contribution in [3.05, 3.63) is 42.0 Å². The first-order valence-electron chi connectivity index (χ1n) is 13.7. The number of benzene rings is 1. The SMILES string of the molecule is C=CC12CCc3cc(NS(=O)(=O)O)ccc3C1[C@@H](CCCCCC[C@@H](O)C(F)(F)F)C[C@@]1(C)C2CC[C@@H]1O. The zero-order chi connectivity index (χ0) is 27.9. The van der Waals surface area contributed by atoms with E-state index in [2.05, 4.69) is 24.3 Å². The molecule has 3 aliphatic rings. The molecule has 0 aromatic heterocycles. The summed E-state index contributed by atoms with van der Waals surface area (Å²) in [6, 6.07) is 5.41. The van der Waals surface area contributed by atoms with E-state index < -0.39 is 22.6 Å².